The molecule has 2 atom stereocenters. The van der Waals surface area contributed by atoms with E-state index in [4.69, 9.17) is 4.74 Å². The van der Waals surface area contributed by atoms with Gasteiger partial charge in [-0.3, -0.25) is 4.79 Å². The lowest BCUT2D eigenvalue weighted by molar-refractivity contribution is -0.346. The van der Waals surface area contributed by atoms with E-state index < -0.39 is 59.2 Å². The van der Waals surface area contributed by atoms with Crippen LogP contribution in [0.25, 0.3) is 0 Å². The molecule has 0 unspecified atom stereocenters. The number of amides is 1. The van der Waals surface area contributed by atoms with Gasteiger partial charge < -0.3 is 9.64 Å². The lowest BCUT2D eigenvalue weighted by Gasteiger charge is -2.43. The molecule has 6 nitrogen and oxygen atoms in total. The molecule has 2 rings (SSSR count). The van der Waals surface area contributed by atoms with Crippen molar-refractivity contribution in [2.24, 2.45) is 11.8 Å². The molecule has 0 aromatic rings. The van der Waals surface area contributed by atoms with Gasteiger partial charge in [0.15, 0.2) is 0 Å². The first kappa shape index (κ1) is 29.1. The van der Waals surface area contributed by atoms with Crippen molar-refractivity contribution in [3.05, 3.63) is 0 Å². The van der Waals surface area contributed by atoms with E-state index in [2.05, 4.69) is 18.6 Å². The van der Waals surface area contributed by atoms with Crippen molar-refractivity contribution in [2.75, 3.05) is 19.4 Å². The van der Waals surface area contributed by atoms with Crippen molar-refractivity contribution >= 4 is 15.9 Å². The Morgan fingerprint density at radius 3 is 2.06 bits per heavy atom. The lowest BCUT2D eigenvalue weighted by atomic mass is 9.80. The number of carbonyl (C=O) groups is 1. The monoisotopic (exact) mass is 528 g/mol. The number of carbonyl (C=O) groups excluding carboxylic acids is 1. The average Bonchev–Trinajstić information content (AvgIpc) is 2.70. The van der Waals surface area contributed by atoms with Crippen LogP contribution in [-0.4, -0.2) is 74.8 Å². The fourth-order valence-corrected chi connectivity index (χ4v) is 5.40. The Hall–Kier alpha value is -1.15. The molecule has 0 aromatic carbocycles. The van der Waals surface area contributed by atoms with Crippen LogP contribution in [0.2, 0.25) is 0 Å². The highest BCUT2D eigenvalue weighted by molar-refractivity contribution is 7.88. The van der Waals surface area contributed by atoms with Gasteiger partial charge in [-0.05, 0) is 50.4 Å². The molecule has 0 spiro atoms. The van der Waals surface area contributed by atoms with Crippen molar-refractivity contribution in [3.63, 3.8) is 0 Å². The number of halogens is 7. The molecule has 34 heavy (non-hydrogen) atoms. The molecule has 14 heteroatoms. The molecule has 1 N–H and O–H groups in total. The first-order chi connectivity index (χ1) is 15.4. The minimum Gasteiger partial charge on any atom is -0.376 e. The Morgan fingerprint density at radius 1 is 1.03 bits per heavy atom. The maximum Gasteiger partial charge on any atom is 0.460 e. The van der Waals surface area contributed by atoms with Crippen LogP contribution in [0.15, 0.2) is 0 Å². The van der Waals surface area contributed by atoms with Crippen molar-refractivity contribution < 1.29 is 48.7 Å². The van der Waals surface area contributed by atoms with Gasteiger partial charge in [0.2, 0.25) is 10.0 Å². The number of hydrogen-bond donors (Lipinski definition) is 1. The number of nitrogens with one attached hydrogen (secondary N) is 1. The molecule has 2 aliphatic rings. The van der Waals surface area contributed by atoms with E-state index in [1.165, 1.54) is 0 Å². The number of hydrogen-bond acceptors (Lipinski definition) is 4. The van der Waals surface area contributed by atoms with Gasteiger partial charge >= 0.3 is 18.0 Å². The zero-order chi connectivity index (χ0) is 26.1. The fraction of sp³-hybridized carbons (Fsp3) is 0.950. The smallest absolute Gasteiger partial charge is 0.376 e. The van der Waals surface area contributed by atoms with Crippen LogP contribution in [0.4, 0.5) is 30.7 Å². The highest BCUT2D eigenvalue weighted by atomic mass is 32.2. The van der Waals surface area contributed by atoms with Crippen molar-refractivity contribution in [1.82, 2.24) is 9.62 Å². The number of nitrogens with zero attached hydrogens (tertiary/aromatic N) is 1. The summed E-state index contributed by atoms with van der Waals surface area (Å²) in [5, 5.41) is 0. The van der Waals surface area contributed by atoms with E-state index in [0.29, 0.717) is 24.7 Å². The lowest BCUT2D eigenvalue weighted by Crippen LogP contribution is -2.66. The molecule has 0 bridgehead atoms. The summed E-state index contributed by atoms with van der Waals surface area (Å²) in [5.41, 5.74) is 0. The SMILES string of the molecule is CC(C)[C@H]1CC[C@@H](OC[C@H]2[C@@H](NS(C)(=O)=O)CCCN2C(=O)C(F)(F)C(F)(F)C(F)(F)F)CC1. The van der Waals surface area contributed by atoms with Crippen LogP contribution in [0.1, 0.15) is 52.4 Å². The van der Waals surface area contributed by atoms with E-state index in [0.717, 1.165) is 19.1 Å². The number of ether oxygens (including phenoxy) is 1. The summed E-state index contributed by atoms with van der Waals surface area (Å²) in [6, 6.07) is -2.66. The summed E-state index contributed by atoms with van der Waals surface area (Å²) in [4.78, 5) is 12.6. The standard InChI is InChI=1S/C20H31F7N2O4S/c1-12(2)13-6-8-14(9-7-13)33-11-16-15(28-34(3,31)32)5-4-10-29(16)17(30)18(21,22)19(23,24)20(25,26)27/h12-16,28H,4-11H2,1-3H3/t13-,14+,15-,16-/m0/s1. The normalized spacial score (nSPS) is 27.8. The molecule has 1 saturated heterocycles. The van der Waals surface area contributed by atoms with Gasteiger partial charge in [0.25, 0.3) is 5.91 Å². The molecular formula is C20H31F7N2O4S. The molecule has 1 amide bonds. The average molecular weight is 529 g/mol. The van der Waals surface area contributed by atoms with E-state index in [1.807, 2.05) is 0 Å². The van der Waals surface area contributed by atoms with Crippen LogP contribution in [0.3, 0.4) is 0 Å². The van der Waals surface area contributed by atoms with Crippen LogP contribution in [0.5, 0.6) is 0 Å². The molecule has 1 aliphatic heterocycles. The van der Waals surface area contributed by atoms with Crippen LogP contribution < -0.4 is 4.72 Å². The third kappa shape index (κ3) is 6.54. The third-order valence-corrected chi connectivity index (χ3v) is 7.32. The molecule has 1 aliphatic carbocycles. The number of sulfonamides is 1. The Morgan fingerprint density at radius 2 is 1.59 bits per heavy atom. The Labute approximate surface area is 194 Å². The summed E-state index contributed by atoms with van der Waals surface area (Å²) in [5.74, 6) is -14.5. The number of likely N-dealkylation sites (tertiary alicyclic amines) is 1. The second kappa shape index (κ2) is 10.5. The highest BCUT2D eigenvalue weighted by Crippen LogP contribution is 2.47. The third-order valence-electron chi connectivity index (χ3n) is 6.59. The predicted octanol–water partition coefficient (Wildman–Crippen LogP) is 3.96. The second-order valence-electron chi connectivity index (χ2n) is 9.47. The van der Waals surface area contributed by atoms with Gasteiger partial charge in [0.05, 0.1) is 25.0 Å². The first-order valence-electron chi connectivity index (χ1n) is 11.1. The molecule has 1 saturated carbocycles. The fourth-order valence-electron chi connectivity index (χ4n) is 4.58. The van der Waals surface area contributed by atoms with E-state index >= 15 is 0 Å². The molecule has 0 aromatic heterocycles. The maximum atomic E-state index is 14.2. The van der Waals surface area contributed by atoms with E-state index in [-0.39, 0.29) is 23.8 Å². The van der Waals surface area contributed by atoms with Crippen molar-refractivity contribution in [1.29, 1.82) is 0 Å². The molecule has 200 valence electrons. The van der Waals surface area contributed by atoms with E-state index in [1.54, 1.807) is 0 Å². The van der Waals surface area contributed by atoms with Gasteiger partial charge in [-0.15, -0.1) is 0 Å². The summed E-state index contributed by atoms with van der Waals surface area (Å²) in [6.07, 6.45) is -3.32. The van der Waals surface area contributed by atoms with Gasteiger partial charge in [0.1, 0.15) is 0 Å². The zero-order valence-electron chi connectivity index (χ0n) is 19.2. The van der Waals surface area contributed by atoms with E-state index in [9.17, 15) is 43.9 Å². The molecule has 0 radical (unpaired) electrons. The number of alkyl halides is 7. The summed E-state index contributed by atoms with van der Waals surface area (Å²) < 4.78 is 125. The number of rotatable bonds is 8. The van der Waals surface area contributed by atoms with Crippen molar-refractivity contribution in [3.8, 4) is 0 Å². The quantitative estimate of drug-likeness (QED) is 0.484. The summed E-state index contributed by atoms with van der Waals surface area (Å²) >= 11 is 0. The van der Waals surface area contributed by atoms with Gasteiger partial charge in [0, 0.05) is 12.6 Å². The summed E-state index contributed by atoms with van der Waals surface area (Å²) in [6.45, 7) is 3.13. The van der Waals surface area contributed by atoms with Gasteiger partial charge in [-0.2, -0.15) is 30.7 Å². The predicted molar refractivity (Wildman–Crippen MR) is 109 cm³/mol. The largest absolute Gasteiger partial charge is 0.460 e. The minimum atomic E-state index is -6.66. The minimum absolute atomic E-state index is 0.0617. The van der Waals surface area contributed by atoms with Gasteiger partial charge in [-0.1, -0.05) is 13.8 Å². The van der Waals surface area contributed by atoms with Gasteiger partial charge in [-0.25, -0.2) is 13.1 Å². The van der Waals surface area contributed by atoms with Crippen LogP contribution in [0, 0.1) is 11.8 Å². The maximum absolute atomic E-state index is 14.2. The van der Waals surface area contributed by atoms with Crippen molar-refractivity contribution in [2.45, 2.75) is 88.6 Å². The zero-order valence-corrected chi connectivity index (χ0v) is 20.0. The molecule has 1 heterocycles. The number of piperidine rings is 1. The molecule has 2 fully saturated rings. The Bertz CT molecular complexity index is 812. The first-order valence-corrected chi connectivity index (χ1v) is 13.0. The Balaban J connectivity index is 2.25. The summed E-state index contributed by atoms with van der Waals surface area (Å²) in [7, 11) is -3.91. The second-order valence-corrected chi connectivity index (χ2v) is 11.2. The highest BCUT2D eigenvalue weighted by Gasteiger charge is 2.77. The molecular weight excluding hydrogens is 497 g/mol. The van der Waals surface area contributed by atoms with Crippen LogP contribution >= 0.6 is 0 Å². The van der Waals surface area contributed by atoms with Crippen LogP contribution in [-0.2, 0) is 19.6 Å². The Kier molecular flexibility index (Phi) is 8.94. The topological polar surface area (TPSA) is 75.7 Å².